The fraction of sp³-hybridized carbons (Fsp3) is 0.462. The predicted octanol–water partition coefficient (Wildman–Crippen LogP) is 3.02. The van der Waals surface area contributed by atoms with Gasteiger partial charge in [-0.1, -0.05) is 26.3 Å². The highest BCUT2D eigenvalue weighted by Gasteiger charge is 2.30. The molecule has 0 aliphatic rings. The van der Waals surface area contributed by atoms with Crippen LogP contribution in [0.15, 0.2) is 24.3 Å². The molecule has 19 heavy (non-hydrogen) atoms. The number of halogens is 3. The number of nitrogens with two attached hydrogens (primary N) is 1. The fourth-order valence-electron chi connectivity index (χ4n) is 1.51. The van der Waals surface area contributed by atoms with Gasteiger partial charge in [-0.25, -0.2) is 0 Å². The summed E-state index contributed by atoms with van der Waals surface area (Å²) in [5.41, 5.74) is 5.00. The quantitative estimate of drug-likeness (QED) is 0.886. The topological polar surface area (TPSA) is 55.1 Å². The molecule has 0 saturated carbocycles. The maximum atomic E-state index is 12.5. The lowest BCUT2D eigenvalue weighted by molar-refractivity contribution is -0.137. The van der Waals surface area contributed by atoms with Gasteiger partial charge < -0.3 is 11.1 Å². The van der Waals surface area contributed by atoms with Gasteiger partial charge in [-0.2, -0.15) is 13.2 Å². The summed E-state index contributed by atoms with van der Waals surface area (Å²) in [5, 5.41) is 2.41. The number of nitrogens with one attached hydrogen (secondary N) is 1. The lowest BCUT2D eigenvalue weighted by atomic mass is 9.99. The van der Waals surface area contributed by atoms with Crippen LogP contribution in [0.5, 0.6) is 0 Å². The van der Waals surface area contributed by atoms with E-state index in [4.69, 9.17) is 5.73 Å². The molecule has 0 saturated heterocycles. The van der Waals surface area contributed by atoms with Crippen LogP contribution in [0.25, 0.3) is 0 Å². The van der Waals surface area contributed by atoms with Crippen LogP contribution in [0.4, 0.5) is 18.9 Å². The maximum absolute atomic E-state index is 12.5. The largest absolute Gasteiger partial charge is 0.416 e. The Labute approximate surface area is 110 Å². The van der Waals surface area contributed by atoms with Crippen LogP contribution in [0.3, 0.4) is 0 Å². The number of hydrogen-bond acceptors (Lipinski definition) is 2. The van der Waals surface area contributed by atoms with E-state index in [9.17, 15) is 18.0 Å². The highest BCUT2D eigenvalue weighted by atomic mass is 19.4. The van der Waals surface area contributed by atoms with Crippen molar-refractivity contribution in [1.29, 1.82) is 0 Å². The number of amides is 1. The van der Waals surface area contributed by atoms with Crippen LogP contribution in [0, 0.1) is 5.92 Å². The van der Waals surface area contributed by atoms with Gasteiger partial charge >= 0.3 is 6.18 Å². The molecule has 6 heteroatoms. The third-order valence-electron chi connectivity index (χ3n) is 3.02. The van der Waals surface area contributed by atoms with Crippen LogP contribution in [-0.4, -0.2) is 11.9 Å². The minimum atomic E-state index is -4.43. The van der Waals surface area contributed by atoms with Gasteiger partial charge in [0.25, 0.3) is 0 Å². The predicted molar refractivity (Wildman–Crippen MR) is 67.5 cm³/mol. The normalized spacial score (nSPS) is 14.8. The number of carbonyl (C=O) groups excluding carboxylic acids is 1. The van der Waals surface area contributed by atoms with Crippen molar-refractivity contribution >= 4 is 11.6 Å². The first-order valence-electron chi connectivity index (χ1n) is 5.99. The number of alkyl halides is 3. The van der Waals surface area contributed by atoms with E-state index < -0.39 is 23.7 Å². The van der Waals surface area contributed by atoms with Crippen molar-refractivity contribution in [3.8, 4) is 0 Å². The summed E-state index contributed by atoms with van der Waals surface area (Å²) in [5.74, 6) is -0.514. The average molecular weight is 274 g/mol. The molecule has 0 spiro atoms. The summed E-state index contributed by atoms with van der Waals surface area (Å²) in [6.45, 7) is 3.71. The SMILES string of the molecule is CCC(C)[C@H](N)C(=O)Nc1cccc(C(F)(F)F)c1. The standard InChI is InChI=1S/C13H17F3N2O/c1-3-8(2)11(17)12(19)18-10-6-4-5-9(7-10)13(14,15)16/h4-8,11H,3,17H2,1-2H3,(H,18,19)/t8?,11-/m0/s1. The van der Waals surface area contributed by atoms with E-state index in [1.54, 1.807) is 0 Å². The number of hydrogen-bond donors (Lipinski definition) is 2. The summed E-state index contributed by atoms with van der Waals surface area (Å²) in [6, 6.07) is 3.74. The summed E-state index contributed by atoms with van der Waals surface area (Å²) in [4.78, 5) is 11.8. The summed E-state index contributed by atoms with van der Waals surface area (Å²) >= 11 is 0. The van der Waals surface area contributed by atoms with E-state index >= 15 is 0 Å². The molecule has 1 rings (SSSR count). The monoisotopic (exact) mass is 274 g/mol. The van der Waals surface area contributed by atoms with E-state index in [1.165, 1.54) is 12.1 Å². The lowest BCUT2D eigenvalue weighted by Crippen LogP contribution is -2.40. The number of rotatable bonds is 4. The van der Waals surface area contributed by atoms with E-state index in [0.717, 1.165) is 18.6 Å². The van der Waals surface area contributed by atoms with Gasteiger partial charge in [-0.15, -0.1) is 0 Å². The molecule has 1 unspecified atom stereocenters. The van der Waals surface area contributed by atoms with Crippen molar-refractivity contribution in [1.82, 2.24) is 0 Å². The first-order chi connectivity index (χ1) is 8.75. The zero-order valence-electron chi connectivity index (χ0n) is 10.8. The Kier molecular flexibility index (Phi) is 4.94. The summed E-state index contributed by atoms with van der Waals surface area (Å²) in [6.07, 6.45) is -3.71. The molecule has 1 aromatic rings. The third-order valence-corrected chi connectivity index (χ3v) is 3.02. The molecule has 106 valence electrons. The minimum absolute atomic E-state index is 0.0363. The average Bonchev–Trinajstić information content (AvgIpc) is 2.36. The Hall–Kier alpha value is -1.56. The molecule has 3 nitrogen and oxygen atoms in total. The van der Waals surface area contributed by atoms with Crippen molar-refractivity contribution in [2.24, 2.45) is 11.7 Å². The van der Waals surface area contributed by atoms with E-state index in [0.29, 0.717) is 0 Å². The molecule has 0 aliphatic heterocycles. The second-order valence-electron chi connectivity index (χ2n) is 4.48. The highest BCUT2D eigenvalue weighted by molar-refractivity contribution is 5.94. The van der Waals surface area contributed by atoms with E-state index in [1.807, 2.05) is 13.8 Å². The van der Waals surface area contributed by atoms with Crippen molar-refractivity contribution in [3.63, 3.8) is 0 Å². The Morgan fingerprint density at radius 1 is 1.42 bits per heavy atom. The molecular formula is C13H17F3N2O. The molecule has 0 radical (unpaired) electrons. The van der Waals surface area contributed by atoms with Gasteiger partial charge in [0.2, 0.25) is 5.91 Å². The third kappa shape index (κ3) is 4.24. The molecule has 1 amide bonds. The van der Waals surface area contributed by atoms with Crippen LogP contribution < -0.4 is 11.1 Å². The second kappa shape index (κ2) is 6.06. The Balaban J connectivity index is 2.80. The van der Waals surface area contributed by atoms with Crippen LogP contribution >= 0.6 is 0 Å². The van der Waals surface area contributed by atoms with Crippen LogP contribution in [0.2, 0.25) is 0 Å². The molecule has 0 heterocycles. The molecule has 2 atom stereocenters. The first kappa shape index (κ1) is 15.5. The first-order valence-corrected chi connectivity index (χ1v) is 5.99. The highest BCUT2D eigenvalue weighted by Crippen LogP contribution is 2.30. The Morgan fingerprint density at radius 3 is 2.58 bits per heavy atom. The van der Waals surface area contributed by atoms with Gasteiger partial charge in [-0.3, -0.25) is 4.79 Å². The number of benzene rings is 1. The zero-order chi connectivity index (χ0) is 14.6. The molecular weight excluding hydrogens is 257 g/mol. The zero-order valence-corrected chi connectivity index (χ0v) is 10.8. The summed E-state index contributed by atoms with van der Waals surface area (Å²) < 4.78 is 37.5. The van der Waals surface area contributed by atoms with Crippen molar-refractivity contribution in [2.75, 3.05) is 5.32 Å². The molecule has 0 fully saturated rings. The molecule has 0 bridgehead atoms. The van der Waals surface area contributed by atoms with Crippen molar-refractivity contribution < 1.29 is 18.0 Å². The van der Waals surface area contributed by atoms with Gasteiger partial charge in [-0.05, 0) is 24.1 Å². The number of carbonyl (C=O) groups is 1. The maximum Gasteiger partial charge on any atom is 0.416 e. The van der Waals surface area contributed by atoms with Crippen molar-refractivity contribution in [2.45, 2.75) is 32.5 Å². The van der Waals surface area contributed by atoms with Gasteiger partial charge in [0.1, 0.15) is 0 Å². The molecule has 0 aromatic heterocycles. The lowest BCUT2D eigenvalue weighted by Gasteiger charge is -2.18. The van der Waals surface area contributed by atoms with Gasteiger partial charge in [0, 0.05) is 5.69 Å². The van der Waals surface area contributed by atoms with Gasteiger partial charge in [0.15, 0.2) is 0 Å². The summed E-state index contributed by atoms with van der Waals surface area (Å²) in [7, 11) is 0. The molecule has 3 N–H and O–H groups in total. The number of anilines is 1. The van der Waals surface area contributed by atoms with E-state index in [-0.39, 0.29) is 11.6 Å². The van der Waals surface area contributed by atoms with E-state index in [2.05, 4.69) is 5.32 Å². The van der Waals surface area contributed by atoms with Crippen LogP contribution in [-0.2, 0) is 11.0 Å². The fourth-order valence-corrected chi connectivity index (χ4v) is 1.51. The van der Waals surface area contributed by atoms with Gasteiger partial charge in [0.05, 0.1) is 11.6 Å². The van der Waals surface area contributed by atoms with Crippen molar-refractivity contribution in [3.05, 3.63) is 29.8 Å². The smallest absolute Gasteiger partial charge is 0.325 e. The molecule has 1 aromatic carbocycles. The minimum Gasteiger partial charge on any atom is -0.325 e. The Morgan fingerprint density at radius 2 is 2.05 bits per heavy atom. The second-order valence-corrected chi connectivity index (χ2v) is 4.48. The van der Waals surface area contributed by atoms with Crippen LogP contribution in [0.1, 0.15) is 25.8 Å². The molecule has 0 aliphatic carbocycles. The Bertz CT molecular complexity index is 446.